The van der Waals surface area contributed by atoms with Crippen LogP contribution in [0, 0.1) is 0 Å². The fraction of sp³-hybridized carbons (Fsp3) is 0.571. The van der Waals surface area contributed by atoms with Gasteiger partial charge in [0.05, 0.1) is 9.96 Å². The van der Waals surface area contributed by atoms with E-state index in [1.165, 1.54) is 0 Å². The lowest BCUT2D eigenvalue weighted by Crippen LogP contribution is -2.03. The fourth-order valence-electron chi connectivity index (χ4n) is 1.12. The van der Waals surface area contributed by atoms with Crippen molar-refractivity contribution in [3.63, 3.8) is 0 Å². The maximum atomic E-state index is 9.28. The topological polar surface area (TPSA) is 20.2 Å². The van der Waals surface area contributed by atoms with Gasteiger partial charge in [0.15, 0.2) is 0 Å². The summed E-state index contributed by atoms with van der Waals surface area (Å²) in [4.78, 5) is 0. The number of rotatable bonds is 1. The molecule has 0 radical (unpaired) electrons. The molecule has 0 aromatic carbocycles. The van der Waals surface area contributed by atoms with Gasteiger partial charge in [-0.15, -0.1) is 12.6 Å². The molecule has 0 fully saturated rings. The van der Waals surface area contributed by atoms with Crippen molar-refractivity contribution in [2.24, 2.45) is 0 Å². The molecule has 0 unspecified atom stereocenters. The fourth-order valence-corrected chi connectivity index (χ4v) is 1.58. The van der Waals surface area contributed by atoms with Gasteiger partial charge >= 0.3 is 0 Å². The summed E-state index contributed by atoms with van der Waals surface area (Å²) in [5, 5.41) is 9.28. The molecule has 0 heterocycles. The van der Waals surface area contributed by atoms with Gasteiger partial charge in [-0.25, -0.2) is 0 Å². The van der Waals surface area contributed by atoms with E-state index in [2.05, 4.69) is 12.6 Å². The summed E-state index contributed by atoms with van der Waals surface area (Å²) in [6.45, 7) is 0. The standard InChI is InChI=1S/C7H10OS2/c8-6-4-2-1-3-5(6)7(9)10/h8H,1-4H2,(H,9,10). The maximum Gasteiger partial charge on any atom is 0.0974 e. The zero-order valence-corrected chi connectivity index (χ0v) is 7.34. The Morgan fingerprint density at radius 1 is 1.40 bits per heavy atom. The summed E-state index contributed by atoms with van der Waals surface area (Å²) in [6.07, 6.45) is 3.87. The lowest BCUT2D eigenvalue weighted by molar-refractivity contribution is 0.364. The highest BCUT2D eigenvalue weighted by Gasteiger charge is 2.12. The zero-order chi connectivity index (χ0) is 7.56. The lowest BCUT2D eigenvalue weighted by atomic mass is 9.99. The third-order valence-electron chi connectivity index (χ3n) is 1.70. The Balaban J connectivity index is 2.78. The van der Waals surface area contributed by atoms with E-state index in [1.54, 1.807) is 0 Å². The Hall–Kier alpha value is -0.0200. The van der Waals surface area contributed by atoms with Crippen molar-refractivity contribution < 1.29 is 5.11 Å². The number of hydrogen-bond donors (Lipinski definition) is 2. The molecule has 1 aliphatic carbocycles. The molecule has 0 aromatic rings. The van der Waals surface area contributed by atoms with Gasteiger partial charge < -0.3 is 5.11 Å². The number of aliphatic hydroxyl groups is 1. The molecule has 10 heavy (non-hydrogen) atoms. The molecule has 0 atom stereocenters. The first-order valence-electron chi connectivity index (χ1n) is 3.36. The number of allylic oxidation sites excluding steroid dienone is 1. The molecule has 3 heteroatoms. The van der Waals surface area contributed by atoms with E-state index in [-0.39, 0.29) is 0 Å². The van der Waals surface area contributed by atoms with Gasteiger partial charge in [0, 0.05) is 12.0 Å². The summed E-state index contributed by atoms with van der Waals surface area (Å²) in [7, 11) is 0. The Labute approximate surface area is 71.5 Å². The van der Waals surface area contributed by atoms with E-state index < -0.39 is 0 Å². The van der Waals surface area contributed by atoms with Gasteiger partial charge in [-0.05, 0) is 19.3 Å². The van der Waals surface area contributed by atoms with E-state index in [0.717, 1.165) is 31.3 Å². The second-order valence-electron chi connectivity index (χ2n) is 2.44. The number of thiocarbonyl (C=S) groups is 1. The van der Waals surface area contributed by atoms with Crippen molar-refractivity contribution in [3.8, 4) is 0 Å². The Bertz CT molecular complexity index is 184. The van der Waals surface area contributed by atoms with Gasteiger partial charge in [0.25, 0.3) is 0 Å². The van der Waals surface area contributed by atoms with Crippen LogP contribution in [-0.2, 0) is 0 Å². The minimum Gasteiger partial charge on any atom is -0.512 e. The minimum atomic E-state index is 0.450. The quantitative estimate of drug-likeness (QED) is 0.471. The molecule has 1 nitrogen and oxygen atoms in total. The van der Waals surface area contributed by atoms with Crippen LogP contribution in [0.5, 0.6) is 0 Å². The summed E-state index contributed by atoms with van der Waals surface area (Å²) in [6, 6.07) is 0. The van der Waals surface area contributed by atoms with Crippen LogP contribution in [0.4, 0.5) is 0 Å². The molecule has 0 amide bonds. The molecular formula is C7H10OS2. The summed E-state index contributed by atoms with van der Waals surface area (Å²) >= 11 is 8.85. The first kappa shape index (κ1) is 8.08. The van der Waals surface area contributed by atoms with Crippen molar-refractivity contribution >= 4 is 29.0 Å². The first-order valence-corrected chi connectivity index (χ1v) is 4.21. The van der Waals surface area contributed by atoms with Crippen molar-refractivity contribution in [1.29, 1.82) is 0 Å². The van der Waals surface area contributed by atoms with Crippen LogP contribution in [0.3, 0.4) is 0 Å². The highest BCUT2D eigenvalue weighted by atomic mass is 32.1. The third-order valence-corrected chi connectivity index (χ3v) is 2.21. The van der Waals surface area contributed by atoms with Crippen molar-refractivity contribution in [3.05, 3.63) is 11.3 Å². The Morgan fingerprint density at radius 2 is 2.00 bits per heavy atom. The van der Waals surface area contributed by atoms with Gasteiger partial charge in [0.1, 0.15) is 0 Å². The molecule has 1 N–H and O–H groups in total. The highest BCUT2D eigenvalue weighted by molar-refractivity contribution is 8.11. The van der Waals surface area contributed by atoms with Crippen LogP contribution in [0.1, 0.15) is 25.7 Å². The number of aliphatic hydroxyl groups excluding tert-OH is 1. The molecule has 0 aliphatic heterocycles. The molecule has 0 saturated carbocycles. The third kappa shape index (κ3) is 1.73. The molecule has 1 aliphatic rings. The molecule has 56 valence electrons. The van der Waals surface area contributed by atoms with E-state index >= 15 is 0 Å². The molecule has 0 aromatic heterocycles. The summed E-state index contributed by atoms with van der Waals surface area (Å²) in [5.41, 5.74) is 0.879. The van der Waals surface area contributed by atoms with Gasteiger partial charge in [0.2, 0.25) is 0 Å². The van der Waals surface area contributed by atoms with Crippen LogP contribution in [0.25, 0.3) is 0 Å². The van der Waals surface area contributed by atoms with Gasteiger partial charge in [-0.2, -0.15) is 0 Å². The molecule has 1 rings (SSSR count). The Kier molecular flexibility index (Phi) is 2.74. The SMILES string of the molecule is OC1=C(C(=S)S)CCCC1. The van der Waals surface area contributed by atoms with Gasteiger partial charge in [-0.3, -0.25) is 0 Å². The zero-order valence-electron chi connectivity index (χ0n) is 5.63. The normalized spacial score (nSPS) is 19.3. The van der Waals surface area contributed by atoms with E-state index in [0.29, 0.717) is 9.96 Å². The van der Waals surface area contributed by atoms with Crippen molar-refractivity contribution in [2.75, 3.05) is 0 Å². The second kappa shape index (κ2) is 3.39. The predicted octanol–water partition coefficient (Wildman–Crippen LogP) is 2.63. The molecule has 0 bridgehead atoms. The van der Waals surface area contributed by atoms with E-state index in [9.17, 15) is 5.11 Å². The second-order valence-corrected chi connectivity index (χ2v) is 3.60. The smallest absolute Gasteiger partial charge is 0.0974 e. The molecular weight excluding hydrogens is 164 g/mol. The summed E-state index contributed by atoms with van der Waals surface area (Å²) in [5.74, 6) is 0.450. The summed E-state index contributed by atoms with van der Waals surface area (Å²) < 4.78 is 0.553. The first-order chi connectivity index (χ1) is 4.72. The average Bonchev–Trinajstić information content (AvgIpc) is 1.88. The molecule has 0 saturated heterocycles. The minimum absolute atomic E-state index is 0.450. The predicted molar refractivity (Wildman–Crippen MR) is 49.7 cm³/mol. The maximum absolute atomic E-state index is 9.28. The van der Waals surface area contributed by atoms with E-state index in [4.69, 9.17) is 12.2 Å². The van der Waals surface area contributed by atoms with Crippen LogP contribution in [0.2, 0.25) is 0 Å². The largest absolute Gasteiger partial charge is 0.512 e. The van der Waals surface area contributed by atoms with Crippen LogP contribution in [-0.4, -0.2) is 9.30 Å². The van der Waals surface area contributed by atoms with E-state index in [1.807, 2.05) is 0 Å². The monoisotopic (exact) mass is 174 g/mol. The lowest BCUT2D eigenvalue weighted by Gasteiger charge is -2.13. The van der Waals surface area contributed by atoms with Crippen LogP contribution >= 0.6 is 24.8 Å². The van der Waals surface area contributed by atoms with Gasteiger partial charge in [-0.1, -0.05) is 12.2 Å². The highest BCUT2D eigenvalue weighted by Crippen LogP contribution is 2.24. The molecule has 0 spiro atoms. The average molecular weight is 174 g/mol. The van der Waals surface area contributed by atoms with Crippen molar-refractivity contribution in [1.82, 2.24) is 0 Å². The number of hydrogen-bond acceptors (Lipinski definition) is 2. The van der Waals surface area contributed by atoms with Crippen LogP contribution < -0.4 is 0 Å². The number of thiol groups is 1. The van der Waals surface area contributed by atoms with Crippen LogP contribution in [0.15, 0.2) is 11.3 Å². The Morgan fingerprint density at radius 3 is 2.40 bits per heavy atom. The van der Waals surface area contributed by atoms with Crippen molar-refractivity contribution in [2.45, 2.75) is 25.7 Å².